The van der Waals surface area contributed by atoms with Crippen LogP contribution in [0.15, 0.2) is 36.4 Å². The summed E-state index contributed by atoms with van der Waals surface area (Å²) in [6, 6.07) is 12.0. The van der Waals surface area contributed by atoms with Gasteiger partial charge in [-0.25, -0.2) is 0 Å². The van der Waals surface area contributed by atoms with Crippen molar-refractivity contribution >= 4 is 11.8 Å². The maximum absolute atomic E-state index is 11.5. The molecule has 1 unspecified atom stereocenters. The van der Waals surface area contributed by atoms with Crippen molar-refractivity contribution in [3.8, 4) is 11.5 Å². The molecule has 0 saturated heterocycles. The van der Waals surface area contributed by atoms with Crippen LogP contribution in [0.2, 0.25) is 0 Å². The lowest BCUT2D eigenvalue weighted by Gasteiger charge is -2.17. The summed E-state index contributed by atoms with van der Waals surface area (Å²) in [5, 5.41) is 5.19. The van der Waals surface area contributed by atoms with Crippen molar-refractivity contribution in [2.24, 2.45) is 0 Å². The molecule has 0 spiro atoms. The zero-order valence-corrected chi connectivity index (χ0v) is 20.5. The van der Waals surface area contributed by atoms with Gasteiger partial charge >= 0.3 is 0 Å². The predicted octanol–water partition coefficient (Wildman–Crippen LogP) is 4.42. The number of amides is 2. The van der Waals surface area contributed by atoms with Crippen LogP contribution in [0.5, 0.6) is 11.5 Å². The molecule has 0 radical (unpaired) electrons. The number of carbonyl (C=O) groups is 2. The molecule has 0 aliphatic carbocycles. The van der Waals surface area contributed by atoms with Gasteiger partial charge in [-0.3, -0.25) is 9.59 Å². The summed E-state index contributed by atoms with van der Waals surface area (Å²) >= 11 is 0. The zero-order chi connectivity index (χ0) is 24.1. The van der Waals surface area contributed by atoms with Gasteiger partial charge in [-0.1, -0.05) is 42.3 Å². The third kappa shape index (κ3) is 9.41. The topological polar surface area (TPSA) is 76.7 Å². The Morgan fingerprint density at radius 2 is 1.44 bits per heavy atom. The minimum Gasteiger partial charge on any atom is -0.493 e. The second kappa shape index (κ2) is 14.1. The second-order valence-corrected chi connectivity index (χ2v) is 7.79. The summed E-state index contributed by atoms with van der Waals surface area (Å²) in [7, 11) is 3.27. The fraction of sp³-hybridized carbons (Fsp3) is 0.462. The number of likely N-dealkylation sites (N-methyl/N-ethyl adjacent to an activating group) is 1. The van der Waals surface area contributed by atoms with Gasteiger partial charge in [-0.05, 0) is 63.8 Å². The first kappa shape index (κ1) is 27.0. The summed E-state index contributed by atoms with van der Waals surface area (Å²) in [4.78, 5) is 22.5. The number of nitrogens with one attached hydrogen (secondary N) is 2. The quantitative estimate of drug-likeness (QED) is 0.564. The van der Waals surface area contributed by atoms with E-state index in [0.717, 1.165) is 29.0 Å². The Morgan fingerprint density at radius 1 is 0.875 bits per heavy atom. The average Bonchev–Trinajstić information content (AvgIpc) is 2.77. The Bertz CT molecular complexity index is 880. The molecule has 2 aromatic carbocycles. The number of hydrogen-bond acceptors (Lipinski definition) is 4. The van der Waals surface area contributed by atoms with Crippen molar-refractivity contribution in [1.29, 1.82) is 0 Å². The summed E-state index contributed by atoms with van der Waals surface area (Å²) in [5.41, 5.74) is 4.62. The molecule has 176 valence electrons. The van der Waals surface area contributed by atoms with Crippen LogP contribution in [0.25, 0.3) is 0 Å². The molecular formula is C26H38N2O4. The molecule has 1 atom stereocenters. The molecule has 0 saturated carbocycles. The van der Waals surface area contributed by atoms with Crippen LogP contribution in [0.1, 0.15) is 48.4 Å². The predicted molar refractivity (Wildman–Crippen MR) is 129 cm³/mol. The summed E-state index contributed by atoms with van der Waals surface area (Å²) in [6.45, 7) is 10.6. The van der Waals surface area contributed by atoms with Crippen LogP contribution in [0.3, 0.4) is 0 Å². The monoisotopic (exact) mass is 442 g/mol. The number of aryl methyl sites for hydroxylation is 4. The van der Waals surface area contributed by atoms with Gasteiger partial charge in [0.2, 0.25) is 5.91 Å². The smallest absolute Gasteiger partial charge is 0.260 e. The van der Waals surface area contributed by atoms with E-state index in [-0.39, 0.29) is 11.8 Å². The maximum atomic E-state index is 11.5. The van der Waals surface area contributed by atoms with E-state index < -0.39 is 6.10 Å². The van der Waals surface area contributed by atoms with Gasteiger partial charge < -0.3 is 20.1 Å². The maximum Gasteiger partial charge on any atom is 0.260 e. The summed E-state index contributed by atoms with van der Waals surface area (Å²) < 4.78 is 11.3. The minimum atomic E-state index is -0.411. The Labute approximate surface area is 192 Å². The molecule has 2 amide bonds. The first-order valence-corrected chi connectivity index (χ1v) is 11.1. The Morgan fingerprint density at radius 3 is 1.91 bits per heavy atom. The van der Waals surface area contributed by atoms with Gasteiger partial charge in [0.15, 0.2) is 6.10 Å². The largest absolute Gasteiger partial charge is 0.493 e. The fourth-order valence-corrected chi connectivity index (χ4v) is 3.07. The molecule has 6 heteroatoms. The summed E-state index contributed by atoms with van der Waals surface area (Å²) in [5.74, 6) is 1.66. The lowest BCUT2D eigenvalue weighted by atomic mass is 10.1. The molecular weight excluding hydrogens is 404 g/mol. The highest BCUT2D eigenvalue weighted by atomic mass is 16.5. The lowest BCUT2D eigenvalue weighted by Crippen LogP contribution is -2.35. The molecule has 32 heavy (non-hydrogen) atoms. The molecule has 2 rings (SSSR count). The normalized spacial score (nSPS) is 11.0. The SMILES string of the molecule is CCC(Oc1ccc(C)cc1C)C(=O)NC.CNC(=O)CCCOc1ccc(C)cc1C. The van der Waals surface area contributed by atoms with E-state index in [1.807, 2.05) is 58.0 Å². The number of benzene rings is 2. The zero-order valence-electron chi connectivity index (χ0n) is 20.5. The van der Waals surface area contributed by atoms with Gasteiger partial charge in [0.25, 0.3) is 5.91 Å². The van der Waals surface area contributed by atoms with Crippen molar-refractivity contribution in [2.75, 3.05) is 20.7 Å². The Balaban J connectivity index is 0.000000320. The average molecular weight is 443 g/mol. The van der Waals surface area contributed by atoms with Crippen molar-refractivity contribution in [3.05, 3.63) is 58.7 Å². The molecule has 6 nitrogen and oxygen atoms in total. The Kier molecular flexibility index (Phi) is 11.9. The number of ether oxygens (including phenoxy) is 2. The fourth-order valence-electron chi connectivity index (χ4n) is 3.07. The van der Waals surface area contributed by atoms with E-state index >= 15 is 0 Å². The molecule has 0 bridgehead atoms. The van der Waals surface area contributed by atoms with Crippen LogP contribution >= 0.6 is 0 Å². The third-order valence-corrected chi connectivity index (χ3v) is 4.92. The molecule has 0 fully saturated rings. The molecule has 2 N–H and O–H groups in total. The number of hydrogen-bond donors (Lipinski definition) is 2. The van der Waals surface area contributed by atoms with E-state index in [9.17, 15) is 9.59 Å². The van der Waals surface area contributed by atoms with Crippen LogP contribution in [0, 0.1) is 27.7 Å². The van der Waals surface area contributed by atoms with E-state index in [0.29, 0.717) is 19.4 Å². The molecule has 0 aromatic heterocycles. The van der Waals surface area contributed by atoms with Gasteiger partial charge in [0, 0.05) is 20.5 Å². The van der Waals surface area contributed by atoms with Crippen LogP contribution in [0.4, 0.5) is 0 Å². The first-order valence-electron chi connectivity index (χ1n) is 11.1. The third-order valence-electron chi connectivity index (χ3n) is 4.92. The van der Waals surface area contributed by atoms with E-state index in [1.165, 1.54) is 11.1 Å². The van der Waals surface area contributed by atoms with Gasteiger partial charge in [-0.2, -0.15) is 0 Å². The highest BCUT2D eigenvalue weighted by Gasteiger charge is 2.17. The van der Waals surface area contributed by atoms with Crippen LogP contribution in [-0.4, -0.2) is 38.6 Å². The highest BCUT2D eigenvalue weighted by Crippen LogP contribution is 2.21. The number of carbonyl (C=O) groups excluding carboxylic acids is 2. The van der Waals surface area contributed by atoms with Crippen molar-refractivity contribution in [2.45, 2.75) is 60.0 Å². The second-order valence-electron chi connectivity index (χ2n) is 7.79. The summed E-state index contributed by atoms with van der Waals surface area (Å²) in [6.07, 6.45) is 1.51. The van der Waals surface area contributed by atoms with E-state index in [1.54, 1.807) is 14.1 Å². The highest BCUT2D eigenvalue weighted by molar-refractivity contribution is 5.80. The molecule has 0 aliphatic heterocycles. The van der Waals surface area contributed by atoms with Gasteiger partial charge in [-0.15, -0.1) is 0 Å². The van der Waals surface area contributed by atoms with E-state index in [4.69, 9.17) is 9.47 Å². The van der Waals surface area contributed by atoms with Crippen LogP contribution in [-0.2, 0) is 9.59 Å². The molecule has 0 heterocycles. The van der Waals surface area contributed by atoms with Crippen molar-refractivity contribution in [1.82, 2.24) is 10.6 Å². The molecule has 2 aromatic rings. The van der Waals surface area contributed by atoms with E-state index in [2.05, 4.69) is 23.6 Å². The lowest BCUT2D eigenvalue weighted by molar-refractivity contribution is -0.127. The minimum absolute atomic E-state index is 0.0595. The van der Waals surface area contributed by atoms with Gasteiger partial charge in [0.05, 0.1) is 6.61 Å². The van der Waals surface area contributed by atoms with Crippen molar-refractivity contribution in [3.63, 3.8) is 0 Å². The Hall–Kier alpha value is -3.02. The van der Waals surface area contributed by atoms with Gasteiger partial charge in [0.1, 0.15) is 11.5 Å². The van der Waals surface area contributed by atoms with Crippen LogP contribution < -0.4 is 20.1 Å². The first-order chi connectivity index (χ1) is 15.2. The number of rotatable bonds is 9. The van der Waals surface area contributed by atoms with Crippen molar-refractivity contribution < 1.29 is 19.1 Å². The molecule has 0 aliphatic rings. The standard InChI is InChI=1S/2C13H19NO2/c1-10-6-7-12(11(2)9-10)16-8-4-5-13(15)14-3;1-5-11(13(15)14-4)16-12-7-6-9(2)8-10(12)3/h6-7,9H,4-5,8H2,1-3H3,(H,14,15);6-8,11H,5H2,1-4H3,(H,14,15).